The number of allylic oxidation sites excluding steroid dienone is 8. The molecule has 6 heteroatoms. The highest BCUT2D eigenvalue weighted by molar-refractivity contribution is 5.70. The van der Waals surface area contributed by atoms with Gasteiger partial charge in [-0.3, -0.25) is 9.59 Å². The molecule has 1 unspecified atom stereocenters. The fraction of sp³-hybridized carbons (Fsp3) is 0.667. The van der Waals surface area contributed by atoms with Crippen LogP contribution in [0.5, 0.6) is 0 Å². The first kappa shape index (κ1) is 39.6. The van der Waals surface area contributed by atoms with Gasteiger partial charge in [-0.25, -0.2) is 0 Å². The number of ether oxygens (including phenoxy) is 2. The number of esters is 2. The molecule has 2 atom stereocenters. The van der Waals surface area contributed by atoms with Crippen LogP contribution in [-0.2, 0) is 19.1 Å². The van der Waals surface area contributed by atoms with Crippen LogP contribution in [-0.4, -0.2) is 47.6 Å². The van der Waals surface area contributed by atoms with Crippen molar-refractivity contribution in [2.75, 3.05) is 13.2 Å². The normalized spacial score (nSPS) is 13.7. The third kappa shape index (κ3) is 29.1. The van der Waals surface area contributed by atoms with Gasteiger partial charge in [0, 0.05) is 12.8 Å². The fourth-order valence-corrected chi connectivity index (χ4v) is 4.14. The van der Waals surface area contributed by atoms with E-state index in [1.807, 2.05) is 43.4 Å². The molecule has 0 aromatic rings. The van der Waals surface area contributed by atoms with Crippen LogP contribution in [0.2, 0.25) is 0 Å². The standard InChI is InChI=1S/C36H60O6/c1-3-5-7-8-9-10-16-19-22-25-29-35(39)41-32-34(31-37)42-36(40)30-26-23-20-17-14-12-11-13-15-18-21-24-28-33(38)27-6-4-2/h6,11-12,15,17-18,20-21,24,27,33-34,37-38H,3-5,7-10,13-14,16,19,22-23,25-26,28-32H2,1-2H3/b12-11-,18-15-,20-17-,24-21+,27-6-/t33?,34-/m0/s1. The molecule has 0 amide bonds. The molecule has 6 nitrogen and oxygen atoms in total. The first-order chi connectivity index (χ1) is 20.5. The fourth-order valence-electron chi connectivity index (χ4n) is 4.14. The molecule has 0 radical (unpaired) electrons. The van der Waals surface area contributed by atoms with E-state index in [9.17, 15) is 19.8 Å². The SMILES string of the molecule is CC/C=C\C(O)C/C=C/C=C\C/C=C\C/C=C\CCCC(=O)O[C@@H](CO)COC(=O)CCCCCCCCCCCC. The van der Waals surface area contributed by atoms with Crippen molar-refractivity contribution in [1.82, 2.24) is 0 Å². The van der Waals surface area contributed by atoms with Gasteiger partial charge >= 0.3 is 11.9 Å². The molecule has 0 aliphatic heterocycles. The number of rotatable bonds is 28. The molecule has 240 valence electrons. The van der Waals surface area contributed by atoms with Crippen molar-refractivity contribution in [3.05, 3.63) is 60.8 Å². The molecule has 0 rings (SSSR count). The Morgan fingerprint density at radius 2 is 1.29 bits per heavy atom. The maximum atomic E-state index is 12.1. The quantitative estimate of drug-likeness (QED) is 0.0411. The highest BCUT2D eigenvalue weighted by Gasteiger charge is 2.15. The second-order valence-electron chi connectivity index (χ2n) is 10.7. The Morgan fingerprint density at radius 3 is 1.95 bits per heavy atom. The third-order valence-electron chi connectivity index (χ3n) is 6.65. The number of unbranched alkanes of at least 4 members (excludes halogenated alkanes) is 10. The molecule has 0 aromatic heterocycles. The Morgan fingerprint density at radius 1 is 0.690 bits per heavy atom. The summed E-state index contributed by atoms with van der Waals surface area (Å²) in [6, 6.07) is 0. The topological polar surface area (TPSA) is 93.1 Å². The first-order valence-electron chi connectivity index (χ1n) is 16.5. The monoisotopic (exact) mass is 588 g/mol. The third-order valence-corrected chi connectivity index (χ3v) is 6.65. The molecule has 2 N–H and O–H groups in total. The van der Waals surface area contributed by atoms with Crippen LogP contribution >= 0.6 is 0 Å². The average Bonchev–Trinajstić information content (AvgIpc) is 2.99. The highest BCUT2D eigenvalue weighted by atomic mass is 16.6. The second-order valence-corrected chi connectivity index (χ2v) is 10.7. The van der Waals surface area contributed by atoms with E-state index in [1.165, 1.54) is 44.9 Å². The van der Waals surface area contributed by atoms with E-state index in [2.05, 4.69) is 31.2 Å². The van der Waals surface area contributed by atoms with Crippen LogP contribution < -0.4 is 0 Å². The zero-order valence-corrected chi connectivity index (χ0v) is 26.6. The Bertz CT molecular complexity index is 780. The molecule has 0 aliphatic carbocycles. The maximum Gasteiger partial charge on any atom is 0.306 e. The minimum absolute atomic E-state index is 0.101. The Hall–Kier alpha value is -2.44. The van der Waals surface area contributed by atoms with Crippen LogP contribution in [0.3, 0.4) is 0 Å². The summed E-state index contributed by atoms with van der Waals surface area (Å²) < 4.78 is 10.5. The van der Waals surface area contributed by atoms with Gasteiger partial charge in [0.15, 0.2) is 6.10 Å². The zero-order valence-electron chi connectivity index (χ0n) is 26.6. The van der Waals surface area contributed by atoms with Gasteiger partial charge in [0.1, 0.15) is 6.61 Å². The smallest absolute Gasteiger partial charge is 0.306 e. The molecule has 0 heterocycles. The largest absolute Gasteiger partial charge is 0.462 e. The molecule has 0 fully saturated rings. The predicted octanol–water partition coefficient (Wildman–Crippen LogP) is 8.64. The van der Waals surface area contributed by atoms with Crippen LogP contribution in [0.25, 0.3) is 0 Å². The van der Waals surface area contributed by atoms with Crippen LogP contribution in [0.1, 0.15) is 129 Å². The van der Waals surface area contributed by atoms with Gasteiger partial charge in [-0.2, -0.15) is 0 Å². The minimum Gasteiger partial charge on any atom is -0.462 e. The summed E-state index contributed by atoms with van der Waals surface area (Å²) in [4.78, 5) is 24.0. The molecule has 0 aromatic carbocycles. The molecule has 0 aliphatic rings. The number of carbonyl (C=O) groups excluding carboxylic acids is 2. The predicted molar refractivity (Wildman–Crippen MR) is 174 cm³/mol. The molecular formula is C36H60O6. The minimum atomic E-state index is -0.811. The lowest BCUT2D eigenvalue weighted by Crippen LogP contribution is -2.28. The van der Waals surface area contributed by atoms with E-state index < -0.39 is 12.2 Å². The van der Waals surface area contributed by atoms with Crippen molar-refractivity contribution < 1.29 is 29.3 Å². The molecule has 0 bridgehead atoms. The van der Waals surface area contributed by atoms with Gasteiger partial charge < -0.3 is 19.7 Å². The van der Waals surface area contributed by atoms with E-state index in [1.54, 1.807) is 0 Å². The van der Waals surface area contributed by atoms with Crippen molar-refractivity contribution in [2.24, 2.45) is 0 Å². The summed E-state index contributed by atoms with van der Waals surface area (Å²) in [6.45, 7) is 3.81. The van der Waals surface area contributed by atoms with Crippen molar-refractivity contribution in [1.29, 1.82) is 0 Å². The summed E-state index contributed by atoms with van der Waals surface area (Å²) in [5.41, 5.74) is 0. The second kappa shape index (κ2) is 31.5. The van der Waals surface area contributed by atoms with E-state index in [0.29, 0.717) is 19.3 Å². The van der Waals surface area contributed by atoms with Gasteiger partial charge in [0.05, 0.1) is 12.7 Å². The number of aliphatic hydroxyl groups is 2. The van der Waals surface area contributed by atoms with E-state index in [0.717, 1.165) is 44.9 Å². The summed E-state index contributed by atoms with van der Waals surface area (Å²) >= 11 is 0. The van der Waals surface area contributed by atoms with Gasteiger partial charge in [-0.05, 0) is 44.9 Å². The Labute approximate surface area is 256 Å². The lowest BCUT2D eigenvalue weighted by Gasteiger charge is -2.15. The Balaban J connectivity index is 3.79. The van der Waals surface area contributed by atoms with E-state index in [4.69, 9.17) is 9.47 Å². The summed E-state index contributed by atoms with van der Waals surface area (Å²) in [5.74, 6) is -0.691. The van der Waals surface area contributed by atoms with Crippen molar-refractivity contribution in [3.63, 3.8) is 0 Å². The Kier molecular flexibility index (Phi) is 29.7. The molecular weight excluding hydrogens is 528 g/mol. The molecule has 0 spiro atoms. The summed E-state index contributed by atoms with van der Waals surface area (Å²) in [7, 11) is 0. The van der Waals surface area contributed by atoms with Crippen LogP contribution in [0.15, 0.2) is 60.8 Å². The first-order valence-corrected chi connectivity index (χ1v) is 16.5. The number of hydrogen-bond acceptors (Lipinski definition) is 6. The van der Waals surface area contributed by atoms with Crippen LogP contribution in [0, 0.1) is 0 Å². The van der Waals surface area contributed by atoms with Gasteiger partial charge in [-0.1, -0.05) is 132 Å². The number of carbonyl (C=O) groups is 2. The summed E-state index contributed by atoms with van der Waals surface area (Å²) in [5, 5.41) is 19.2. The molecule has 0 saturated carbocycles. The van der Waals surface area contributed by atoms with E-state index >= 15 is 0 Å². The number of aliphatic hydroxyl groups excluding tert-OH is 2. The van der Waals surface area contributed by atoms with Crippen molar-refractivity contribution >= 4 is 11.9 Å². The average molecular weight is 589 g/mol. The molecule has 42 heavy (non-hydrogen) atoms. The van der Waals surface area contributed by atoms with E-state index in [-0.39, 0.29) is 31.6 Å². The van der Waals surface area contributed by atoms with Crippen molar-refractivity contribution in [3.8, 4) is 0 Å². The zero-order chi connectivity index (χ0) is 30.9. The van der Waals surface area contributed by atoms with Gasteiger partial charge in [0.2, 0.25) is 0 Å². The lowest BCUT2D eigenvalue weighted by molar-refractivity contribution is -0.161. The highest BCUT2D eigenvalue weighted by Crippen LogP contribution is 2.12. The van der Waals surface area contributed by atoms with Gasteiger partial charge in [-0.15, -0.1) is 0 Å². The van der Waals surface area contributed by atoms with Gasteiger partial charge in [0.25, 0.3) is 0 Å². The van der Waals surface area contributed by atoms with Crippen LogP contribution in [0.4, 0.5) is 0 Å². The maximum absolute atomic E-state index is 12.1. The number of hydrogen-bond donors (Lipinski definition) is 2. The van der Waals surface area contributed by atoms with Crippen molar-refractivity contribution in [2.45, 2.75) is 142 Å². The summed E-state index contributed by atoms with van der Waals surface area (Å²) in [6.07, 6.45) is 36.2. The lowest BCUT2D eigenvalue weighted by atomic mass is 10.1. The molecule has 0 saturated heterocycles.